The summed E-state index contributed by atoms with van der Waals surface area (Å²) in [5, 5.41) is 10.2. The molecule has 0 aromatic heterocycles. The van der Waals surface area contributed by atoms with Gasteiger partial charge in [-0.15, -0.1) is 0 Å². The summed E-state index contributed by atoms with van der Waals surface area (Å²) in [6.45, 7) is 0. The van der Waals surface area contributed by atoms with Crippen molar-refractivity contribution in [3.63, 3.8) is 0 Å². The Morgan fingerprint density at radius 1 is 1.44 bits per heavy atom. The standard InChI is InChI=1S/C13H15BrO4/c1-17-12-8-9(3-4-11(12)15)7-10(5-6-14)13(16)18-2/h3-4,7-8,15H,5-6H2,1-2H3/b10-7+. The Balaban J connectivity index is 3.07. The Hall–Kier alpha value is -1.49. The van der Waals surface area contributed by atoms with Crippen LogP contribution in [-0.2, 0) is 9.53 Å². The minimum Gasteiger partial charge on any atom is -0.504 e. The van der Waals surface area contributed by atoms with Crippen LogP contribution in [0.1, 0.15) is 12.0 Å². The summed E-state index contributed by atoms with van der Waals surface area (Å²) in [5.74, 6) is 0.0723. The zero-order valence-corrected chi connectivity index (χ0v) is 11.9. The maximum absolute atomic E-state index is 11.5. The normalized spacial score (nSPS) is 11.2. The Bertz CT molecular complexity index is 454. The zero-order chi connectivity index (χ0) is 13.5. The maximum atomic E-state index is 11.5. The second-order valence-electron chi connectivity index (χ2n) is 3.53. The van der Waals surface area contributed by atoms with Gasteiger partial charge in [0.25, 0.3) is 0 Å². The van der Waals surface area contributed by atoms with Crippen LogP contribution in [0.4, 0.5) is 0 Å². The molecule has 0 heterocycles. The molecule has 1 aromatic rings. The third kappa shape index (κ3) is 3.77. The van der Waals surface area contributed by atoms with Crippen LogP contribution in [0.5, 0.6) is 11.5 Å². The Labute approximate surface area is 114 Å². The molecule has 0 bridgehead atoms. The van der Waals surface area contributed by atoms with Crippen molar-refractivity contribution in [2.24, 2.45) is 0 Å². The van der Waals surface area contributed by atoms with Crippen LogP contribution in [0.3, 0.4) is 0 Å². The van der Waals surface area contributed by atoms with Crippen molar-refractivity contribution in [2.75, 3.05) is 19.5 Å². The van der Waals surface area contributed by atoms with Crippen LogP contribution in [0, 0.1) is 0 Å². The van der Waals surface area contributed by atoms with Gasteiger partial charge in [0, 0.05) is 10.9 Å². The molecule has 0 saturated heterocycles. The van der Waals surface area contributed by atoms with Crippen molar-refractivity contribution in [2.45, 2.75) is 6.42 Å². The van der Waals surface area contributed by atoms with Gasteiger partial charge in [0.15, 0.2) is 11.5 Å². The second-order valence-corrected chi connectivity index (χ2v) is 4.32. The molecule has 0 fully saturated rings. The minimum atomic E-state index is -0.360. The molecule has 5 heteroatoms. The molecule has 0 saturated carbocycles. The lowest BCUT2D eigenvalue weighted by Crippen LogP contribution is -2.05. The first-order chi connectivity index (χ1) is 8.62. The topological polar surface area (TPSA) is 55.8 Å². The molecule has 0 spiro atoms. The first-order valence-electron chi connectivity index (χ1n) is 5.34. The monoisotopic (exact) mass is 314 g/mol. The van der Waals surface area contributed by atoms with Crippen molar-refractivity contribution in [3.05, 3.63) is 29.3 Å². The van der Waals surface area contributed by atoms with Crippen molar-refractivity contribution in [1.82, 2.24) is 0 Å². The molecule has 0 radical (unpaired) electrons. The fraction of sp³-hybridized carbons (Fsp3) is 0.308. The molecule has 0 amide bonds. The summed E-state index contributed by atoms with van der Waals surface area (Å²) in [5.41, 5.74) is 1.33. The van der Waals surface area contributed by atoms with Crippen LogP contribution in [0.15, 0.2) is 23.8 Å². The quantitative estimate of drug-likeness (QED) is 0.516. The number of esters is 1. The van der Waals surface area contributed by atoms with Gasteiger partial charge in [-0.1, -0.05) is 22.0 Å². The van der Waals surface area contributed by atoms with E-state index in [1.165, 1.54) is 20.3 Å². The van der Waals surface area contributed by atoms with Crippen molar-refractivity contribution in [1.29, 1.82) is 0 Å². The van der Waals surface area contributed by atoms with E-state index < -0.39 is 0 Å². The molecular formula is C13H15BrO4. The third-order valence-electron chi connectivity index (χ3n) is 2.36. The fourth-order valence-electron chi connectivity index (χ4n) is 1.45. The number of halogens is 1. The molecule has 1 N–H and O–H groups in total. The number of aromatic hydroxyl groups is 1. The highest BCUT2D eigenvalue weighted by Crippen LogP contribution is 2.27. The molecule has 1 rings (SSSR count). The highest BCUT2D eigenvalue weighted by Gasteiger charge is 2.09. The van der Waals surface area contributed by atoms with Gasteiger partial charge in [0.05, 0.1) is 14.2 Å². The van der Waals surface area contributed by atoms with E-state index in [0.29, 0.717) is 23.1 Å². The van der Waals surface area contributed by atoms with Gasteiger partial charge in [-0.25, -0.2) is 4.79 Å². The number of hydrogen-bond acceptors (Lipinski definition) is 4. The first-order valence-corrected chi connectivity index (χ1v) is 6.46. The van der Waals surface area contributed by atoms with E-state index in [0.717, 1.165) is 5.56 Å². The number of phenols is 1. The predicted molar refractivity (Wildman–Crippen MR) is 73.1 cm³/mol. The molecule has 18 heavy (non-hydrogen) atoms. The average molecular weight is 315 g/mol. The molecule has 0 unspecified atom stereocenters. The number of ether oxygens (including phenoxy) is 2. The summed E-state index contributed by atoms with van der Waals surface area (Å²) >= 11 is 3.29. The van der Waals surface area contributed by atoms with Gasteiger partial charge < -0.3 is 14.6 Å². The van der Waals surface area contributed by atoms with Gasteiger partial charge in [0.1, 0.15) is 0 Å². The van der Waals surface area contributed by atoms with Crippen molar-refractivity contribution >= 4 is 28.0 Å². The summed E-state index contributed by atoms with van der Waals surface area (Å²) in [6, 6.07) is 4.88. The Morgan fingerprint density at radius 3 is 2.72 bits per heavy atom. The molecule has 0 aliphatic heterocycles. The van der Waals surface area contributed by atoms with Gasteiger partial charge in [-0.05, 0) is 30.2 Å². The molecule has 1 aromatic carbocycles. The Morgan fingerprint density at radius 2 is 2.17 bits per heavy atom. The van der Waals surface area contributed by atoms with E-state index in [1.807, 2.05) is 0 Å². The number of benzene rings is 1. The maximum Gasteiger partial charge on any atom is 0.333 e. The number of hydrogen-bond donors (Lipinski definition) is 1. The van der Waals surface area contributed by atoms with E-state index in [2.05, 4.69) is 15.9 Å². The minimum absolute atomic E-state index is 0.0646. The van der Waals surface area contributed by atoms with Crippen LogP contribution in [-0.4, -0.2) is 30.6 Å². The molecule has 0 aliphatic carbocycles. The van der Waals surface area contributed by atoms with Gasteiger partial charge in [-0.2, -0.15) is 0 Å². The fourth-order valence-corrected chi connectivity index (χ4v) is 1.88. The van der Waals surface area contributed by atoms with Gasteiger partial charge in [-0.3, -0.25) is 0 Å². The van der Waals surface area contributed by atoms with E-state index in [1.54, 1.807) is 18.2 Å². The third-order valence-corrected chi connectivity index (χ3v) is 2.75. The summed E-state index contributed by atoms with van der Waals surface area (Å²) < 4.78 is 9.72. The van der Waals surface area contributed by atoms with Crippen LogP contribution in [0.2, 0.25) is 0 Å². The molecule has 98 valence electrons. The largest absolute Gasteiger partial charge is 0.504 e. The lowest BCUT2D eigenvalue weighted by molar-refractivity contribution is -0.136. The number of rotatable bonds is 5. The number of alkyl halides is 1. The van der Waals surface area contributed by atoms with Crippen LogP contribution >= 0.6 is 15.9 Å². The first kappa shape index (κ1) is 14.6. The van der Waals surface area contributed by atoms with E-state index in [4.69, 9.17) is 9.47 Å². The zero-order valence-electron chi connectivity index (χ0n) is 10.3. The number of carbonyl (C=O) groups excluding carboxylic acids is 1. The highest BCUT2D eigenvalue weighted by molar-refractivity contribution is 9.09. The molecule has 4 nitrogen and oxygen atoms in total. The molecule has 0 aliphatic rings. The summed E-state index contributed by atoms with van der Waals surface area (Å²) in [7, 11) is 2.82. The highest BCUT2D eigenvalue weighted by atomic mass is 79.9. The van der Waals surface area contributed by atoms with Crippen LogP contribution < -0.4 is 4.74 Å². The van der Waals surface area contributed by atoms with Crippen molar-refractivity contribution < 1.29 is 19.4 Å². The van der Waals surface area contributed by atoms with Crippen molar-refractivity contribution in [3.8, 4) is 11.5 Å². The van der Waals surface area contributed by atoms with E-state index in [-0.39, 0.29) is 11.7 Å². The predicted octanol–water partition coefficient (Wildman–Crippen LogP) is 2.74. The van der Waals surface area contributed by atoms with E-state index >= 15 is 0 Å². The molecular weight excluding hydrogens is 300 g/mol. The second kappa shape index (κ2) is 7.06. The average Bonchev–Trinajstić information content (AvgIpc) is 2.39. The lowest BCUT2D eigenvalue weighted by atomic mass is 10.1. The number of carbonyl (C=O) groups is 1. The summed E-state index contributed by atoms with van der Waals surface area (Å²) in [4.78, 5) is 11.5. The smallest absolute Gasteiger partial charge is 0.333 e. The number of methoxy groups -OCH3 is 2. The van der Waals surface area contributed by atoms with Gasteiger partial charge >= 0.3 is 5.97 Å². The number of phenolic OH excluding ortho intramolecular Hbond substituents is 1. The SMILES string of the molecule is COC(=O)/C(=C/c1ccc(O)c(OC)c1)CCBr. The lowest BCUT2D eigenvalue weighted by Gasteiger charge is -2.06. The molecule has 0 atom stereocenters. The van der Waals surface area contributed by atoms with E-state index in [9.17, 15) is 9.90 Å². The summed E-state index contributed by atoms with van der Waals surface area (Å²) in [6.07, 6.45) is 2.28. The Kier molecular flexibility index (Phi) is 5.71. The van der Waals surface area contributed by atoms with Gasteiger partial charge in [0.2, 0.25) is 0 Å². The van der Waals surface area contributed by atoms with Crippen LogP contribution in [0.25, 0.3) is 6.08 Å².